The molecule has 4 heterocycles. The van der Waals surface area contributed by atoms with E-state index in [-0.39, 0.29) is 48.4 Å². The van der Waals surface area contributed by atoms with Crippen LogP contribution in [0.3, 0.4) is 0 Å². The molecule has 2 aromatic heterocycles. The number of rotatable bonds is 4. The highest BCUT2D eigenvalue weighted by molar-refractivity contribution is 5.92. The molecule has 2 bridgehead atoms. The molecule has 2 aromatic carbocycles. The SMILES string of the molecule is O=C1CN(C(=O)Cc2c[nH]c3ccccc23)CCCCOc2cccc(c2)[C@H]2CN(C(=O)c3cc(C4CC4)no3)C[C@@H]2N1. The fourth-order valence-corrected chi connectivity index (χ4v) is 6.27. The second-order valence-corrected chi connectivity index (χ2v) is 11.9. The highest BCUT2D eigenvalue weighted by atomic mass is 16.5. The summed E-state index contributed by atoms with van der Waals surface area (Å²) >= 11 is 0. The third-order valence-corrected chi connectivity index (χ3v) is 8.77. The molecule has 3 amide bonds. The maximum Gasteiger partial charge on any atom is 0.292 e. The molecule has 43 heavy (non-hydrogen) atoms. The molecule has 1 aliphatic carbocycles. The molecule has 1 saturated carbocycles. The number of carbonyl (C=O) groups excluding carboxylic acids is 3. The number of fused-ring (bicyclic) bond motifs is 5. The molecular weight excluding hydrogens is 546 g/mol. The number of hydrogen-bond donors (Lipinski definition) is 2. The smallest absolute Gasteiger partial charge is 0.292 e. The number of ether oxygens (including phenoxy) is 1. The Hall–Kier alpha value is -4.60. The molecule has 0 unspecified atom stereocenters. The zero-order chi connectivity index (χ0) is 29.3. The van der Waals surface area contributed by atoms with Gasteiger partial charge in [0.1, 0.15) is 5.75 Å². The minimum absolute atomic E-state index is 0.0495. The Morgan fingerprint density at radius 3 is 2.77 bits per heavy atom. The van der Waals surface area contributed by atoms with Crippen molar-refractivity contribution in [1.82, 2.24) is 25.3 Å². The average Bonchev–Trinajstić information content (AvgIpc) is 3.40. The molecule has 7 rings (SSSR count). The zero-order valence-electron chi connectivity index (χ0n) is 24.0. The molecule has 2 atom stereocenters. The minimum atomic E-state index is -0.342. The molecular formula is C33H35N5O5. The van der Waals surface area contributed by atoms with Crippen molar-refractivity contribution in [3.05, 3.63) is 83.4 Å². The molecule has 3 aliphatic rings. The van der Waals surface area contributed by atoms with Gasteiger partial charge < -0.3 is 29.4 Å². The summed E-state index contributed by atoms with van der Waals surface area (Å²) in [6.45, 7) is 1.64. The molecule has 1 saturated heterocycles. The van der Waals surface area contributed by atoms with Crippen LogP contribution in [0.25, 0.3) is 10.9 Å². The molecule has 2 aliphatic heterocycles. The van der Waals surface area contributed by atoms with Crippen LogP contribution in [0.1, 0.15) is 64.9 Å². The third kappa shape index (κ3) is 5.86. The minimum Gasteiger partial charge on any atom is -0.494 e. The Labute approximate surface area is 249 Å². The molecule has 4 aromatic rings. The number of hydrogen-bond acceptors (Lipinski definition) is 6. The summed E-state index contributed by atoms with van der Waals surface area (Å²) in [5.41, 5.74) is 3.70. The number of nitrogens with zero attached hydrogens (tertiary/aromatic N) is 3. The van der Waals surface area contributed by atoms with Gasteiger partial charge in [0.2, 0.25) is 17.6 Å². The van der Waals surface area contributed by atoms with Crippen molar-refractivity contribution in [3.63, 3.8) is 0 Å². The lowest BCUT2D eigenvalue weighted by atomic mass is 9.94. The van der Waals surface area contributed by atoms with Crippen LogP contribution in [0, 0.1) is 0 Å². The van der Waals surface area contributed by atoms with Crippen molar-refractivity contribution in [3.8, 4) is 5.75 Å². The van der Waals surface area contributed by atoms with Crippen molar-refractivity contribution in [2.75, 3.05) is 32.8 Å². The summed E-state index contributed by atoms with van der Waals surface area (Å²) in [6, 6.07) is 17.2. The number of benzene rings is 2. The van der Waals surface area contributed by atoms with Crippen LogP contribution in [-0.2, 0) is 16.0 Å². The first kappa shape index (κ1) is 27.2. The van der Waals surface area contributed by atoms with Gasteiger partial charge in [-0.3, -0.25) is 14.4 Å². The monoisotopic (exact) mass is 581 g/mol. The van der Waals surface area contributed by atoms with Gasteiger partial charge in [-0.05, 0) is 55.0 Å². The van der Waals surface area contributed by atoms with Crippen molar-refractivity contribution in [2.45, 2.75) is 50.0 Å². The summed E-state index contributed by atoms with van der Waals surface area (Å²) in [5.74, 6) is 0.635. The van der Waals surface area contributed by atoms with Gasteiger partial charge in [-0.15, -0.1) is 0 Å². The first-order valence-corrected chi connectivity index (χ1v) is 15.1. The Morgan fingerprint density at radius 1 is 1.00 bits per heavy atom. The van der Waals surface area contributed by atoms with Gasteiger partial charge >= 0.3 is 0 Å². The summed E-state index contributed by atoms with van der Waals surface area (Å²) in [5, 5.41) is 8.28. The molecule has 0 radical (unpaired) electrons. The van der Waals surface area contributed by atoms with Crippen molar-refractivity contribution in [1.29, 1.82) is 0 Å². The van der Waals surface area contributed by atoms with E-state index in [2.05, 4.69) is 15.5 Å². The van der Waals surface area contributed by atoms with Crippen molar-refractivity contribution in [2.24, 2.45) is 0 Å². The van der Waals surface area contributed by atoms with Gasteiger partial charge in [0.05, 0.1) is 31.3 Å². The normalized spacial score (nSPS) is 21.2. The van der Waals surface area contributed by atoms with E-state index >= 15 is 0 Å². The van der Waals surface area contributed by atoms with Gasteiger partial charge in [-0.25, -0.2) is 0 Å². The van der Waals surface area contributed by atoms with Crippen LogP contribution in [0.2, 0.25) is 0 Å². The number of para-hydroxylation sites is 1. The molecule has 0 spiro atoms. The Morgan fingerprint density at radius 2 is 1.88 bits per heavy atom. The maximum absolute atomic E-state index is 13.5. The number of aromatic nitrogens is 2. The zero-order valence-corrected chi connectivity index (χ0v) is 24.0. The van der Waals surface area contributed by atoms with Gasteiger partial charge in [-0.1, -0.05) is 35.5 Å². The molecule has 222 valence electrons. The number of amides is 3. The lowest BCUT2D eigenvalue weighted by molar-refractivity contribution is -0.135. The fourth-order valence-electron chi connectivity index (χ4n) is 6.27. The van der Waals surface area contributed by atoms with E-state index in [1.54, 1.807) is 15.9 Å². The highest BCUT2D eigenvalue weighted by Crippen LogP contribution is 2.40. The third-order valence-electron chi connectivity index (χ3n) is 8.77. The topological polar surface area (TPSA) is 121 Å². The predicted molar refractivity (Wildman–Crippen MR) is 159 cm³/mol. The number of aromatic amines is 1. The lowest BCUT2D eigenvalue weighted by Crippen LogP contribution is -2.47. The van der Waals surface area contributed by atoms with Crippen LogP contribution in [0.15, 0.2) is 65.3 Å². The Balaban J connectivity index is 1.10. The summed E-state index contributed by atoms with van der Waals surface area (Å²) < 4.78 is 11.5. The quantitative estimate of drug-likeness (QED) is 0.376. The van der Waals surface area contributed by atoms with E-state index in [1.807, 2.05) is 54.7 Å². The number of nitrogens with one attached hydrogen (secondary N) is 2. The van der Waals surface area contributed by atoms with E-state index in [0.717, 1.165) is 52.7 Å². The fraction of sp³-hybridized carbons (Fsp3) is 0.394. The van der Waals surface area contributed by atoms with Gasteiger partial charge in [0.25, 0.3) is 5.91 Å². The van der Waals surface area contributed by atoms with E-state index in [1.165, 1.54) is 0 Å². The molecule has 10 nitrogen and oxygen atoms in total. The van der Waals surface area contributed by atoms with E-state index in [0.29, 0.717) is 38.6 Å². The molecule has 2 N–H and O–H groups in total. The van der Waals surface area contributed by atoms with E-state index < -0.39 is 0 Å². The van der Waals surface area contributed by atoms with Crippen molar-refractivity contribution >= 4 is 28.6 Å². The summed E-state index contributed by atoms with van der Waals surface area (Å²) in [6.07, 6.45) is 5.66. The Bertz CT molecular complexity index is 1660. The standard InChI is InChI=1S/C33H35N5O5/c39-31-20-37(32(40)15-23-17-34-27-9-2-1-8-25(23)27)12-3-4-13-42-24-7-5-6-22(14-24)26-18-38(19-29(26)35-31)33(41)30-16-28(36-43-30)21-10-11-21/h1-2,5-9,14,16-17,21,26,29,34H,3-4,10-13,15,18-20H2,(H,35,39)/t26-,29+/m1/s1. The van der Waals surface area contributed by atoms with Crippen LogP contribution in [0.4, 0.5) is 0 Å². The van der Waals surface area contributed by atoms with Crippen LogP contribution < -0.4 is 10.1 Å². The number of H-pyrrole nitrogens is 1. The first-order valence-electron chi connectivity index (χ1n) is 15.1. The van der Waals surface area contributed by atoms with E-state index in [9.17, 15) is 14.4 Å². The lowest BCUT2D eigenvalue weighted by Gasteiger charge is -2.26. The van der Waals surface area contributed by atoms with Gasteiger partial charge in [0.15, 0.2) is 0 Å². The first-order chi connectivity index (χ1) is 21.0. The Kier molecular flexibility index (Phi) is 7.34. The number of carbonyl (C=O) groups is 3. The van der Waals surface area contributed by atoms with Gasteiger partial charge in [0, 0.05) is 54.6 Å². The van der Waals surface area contributed by atoms with Crippen molar-refractivity contribution < 1.29 is 23.6 Å². The second-order valence-electron chi connectivity index (χ2n) is 11.9. The summed E-state index contributed by atoms with van der Waals surface area (Å²) in [4.78, 5) is 47.1. The largest absolute Gasteiger partial charge is 0.494 e. The van der Waals surface area contributed by atoms with Crippen LogP contribution in [0.5, 0.6) is 5.75 Å². The van der Waals surface area contributed by atoms with Crippen LogP contribution >= 0.6 is 0 Å². The predicted octanol–water partition coefficient (Wildman–Crippen LogP) is 4.00. The highest BCUT2D eigenvalue weighted by Gasteiger charge is 2.39. The van der Waals surface area contributed by atoms with Gasteiger partial charge in [-0.2, -0.15) is 0 Å². The molecule has 2 fully saturated rings. The average molecular weight is 582 g/mol. The molecule has 10 heteroatoms. The number of likely N-dealkylation sites (tertiary alicyclic amines) is 1. The maximum atomic E-state index is 13.5. The van der Waals surface area contributed by atoms with Crippen LogP contribution in [-0.4, -0.2) is 76.5 Å². The summed E-state index contributed by atoms with van der Waals surface area (Å²) in [7, 11) is 0. The van der Waals surface area contributed by atoms with E-state index in [4.69, 9.17) is 9.26 Å². The second kappa shape index (κ2) is 11.6.